The third-order valence-electron chi connectivity index (χ3n) is 3.07. The van der Waals surface area contributed by atoms with Crippen molar-refractivity contribution in [2.75, 3.05) is 20.8 Å². The Kier molecular flexibility index (Phi) is 6.84. The van der Waals surface area contributed by atoms with Gasteiger partial charge in [-0.25, -0.2) is 0 Å². The monoisotopic (exact) mass is 261 g/mol. The lowest BCUT2D eigenvalue weighted by molar-refractivity contribution is 0.353. The SMILES string of the molecule is C#CCCCC(NCC)c1ccc(OC)c(OC)c1. The fourth-order valence-electron chi connectivity index (χ4n) is 2.11. The maximum Gasteiger partial charge on any atom is 0.161 e. The van der Waals surface area contributed by atoms with Gasteiger partial charge in [-0.2, -0.15) is 0 Å². The smallest absolute Gasteiger partial charge is 0.161 e. The van der Waals surface area contributed by atoms with Crippen LogP contribution in [0, 0.1) is 12.3 Å². The first kappa shape index (κ1) is 15.4. The first-order valence-electron chi connectivity index (χ1n) is 6.65. The lowest BCUT2D eigenvalue weighted by atomic mass is 10.0. The molecule has 0 saturated heterocycles. The number of ether oxygens (including phenoxy) is 2. The van der Waals surface area contributed by atoms with E-state index in [1.54, 1.807) is 14.2 Å². The number of hydrogen-bond acceptors (Lipinski definition) is 3. The summed E-state index contributed by atoms with van der Waals surface area (Å²) < 4.78 is 10.6. The molecule has 0 spiro atoms. The zero-order valence-corrected chi connectivity index (χ0v) is 12.0. The average molecular weight is 261 g/mol. The van der Waals surface area contributed by atoms with Crippen molar-refractivity contribution in [1.82, 2.24) is 5.32 Å². The molecule has 1 aromatic carbocycles. The van der Waals surface area contributed by atoms with E-state index in [0.717, 1.165) is 37.3 Å². The Balaban J connectivity index is 2.86. The van der Waals surface area contributed by atoms with Crippen LogP contribution in [0.2, 0.25) is 0 Å². The summed E-state index contributed by atoms with van der Waals surface area (Å²) in [5.41, 5.74) is 1.21. The van der Waals surface area contributed by atoms with Gasteiger partial charge in [0.2, 0.25) is 0 Å². The Morgan fingerprint density at radius 1 is 1.26 bits per heavy atom. The molecule has 1 rings (SSSR count). The largest absolute Gasteiger partial charge is 0.493 e. The van der Waals surface area contributed by atoms with E-state index < -0.39 is 0 Å². The van der Waals surface area contributed by atoms with Crippen molar-refractivity contribution in [1.29, 1.82) is 0 Å². The number of nitrogens with one attached hydrogen (secondary N) is 1. The molecule has 1 atom stereocenters. The third-order valence-corrected chi connectivity index (χ3v) is 3.07. The Hall–Kier alpha value is -1.66. The molecule has 0 radical (unpaired) electrons. The predicted octanol–water partition coefficient (Wildman–Crippen LogP) is 3.16. The van der Waals surface area contributed by atoms with Crippen LogP contribution in [0.1, 0.15) is 37.8 Å². The summed E-state index contributed by atoms with van der Waals surface area (Å²) >= 11 is 0. The van der Waals surface area contributed by atoms with Crippen LogP contribution in [0.25, 0.3) is 0 Å². The van der Waals surface area contributed by atoms with E-state index in [1.165, 1.54) is 5.56 Å². The fourth-order valence-corrected chi connectivity index (χ4v) is 2.11. The van der Waals surface area contributed by atoms with Crippen molar-refractivity contribution in [3.05, 3.63) is 23.8 Å². The number of terminal acetylenes is 1. The summed E-state index contributed by atoms with van der Waals surface area (Å²) in [6.45, 7) is 3.03. The van der Waals surface area contributed by atoms with E-state index in [0.29, 0.717) is 6.04 Å². The number of methoxy groups -OCH3 is 2. The zero-order valence-electron chi connectivity index (χ0n) is 12.0. The van der Waals surface area contributed by atoms with Crippen LogP contribution in [-0.4, -0.2) is 20.8 Å². The van der Waals surface area contributed by atoms with Gasteiger partial charge in [-0.15, -0.1) is 12.3 Å². The van der Waals surface area contributed by atoms with Crippen LogP contribution in [0.4, 0.5) is 0 Å². The predicted molar refractivity (Wildman–Crippen MR) is 78.6 cm³/mol. The van der Waals surface area contributed by atoms with Gasteiger partial charge in [-0.3, -0.25) is 0 Å². The second-order valence-corrected chi connectivity index (χ2v) is 4.32. The van der Waals surface area contributed by atoms with E-state index in [1.807, 2.05) is 12.1 Å². The number of benzene rings is 1. The maximum absolute atomic E-state index is 5.35. The molecule has 0 aromatic heterocycles. The van der Waals surface area contributed by atoms with Gasteiger partial charge in [0, 0.05) is 12.5 Å². The Morgan fingerprint density at radius 2 is 2.00 bits per heavy atom. The van der Waals surface area contributed by atoms with Crippen molar-refractivity contribution in [3.63, 3.8) is 0 Å². The minimum Gasteiger partial charge on any atom is -0.493 e. The van der Waals surface area contributed by atoms with Gasteiger partial charge in [0.15, 0.2) is 11.5 Å². The van der Waals surface area contributed by atoms with Crippen LogP contribution in [0.5, 0.6) is 11.5 Å². The summed E-state index contributed by atoms with van der Waals surface area (Å²) in [7, 11) is 3.30. The molecule has 104 valence electrons. The second-order valence-electron chi connectivity index (χ2n) is 4.32. The molecule has 0 amide bonds. The Morgan fingerprint density at radius 3 is 2.58 bits per heavy atom. The van der Waals surface area contributed by atoms with Crippen LogP contribution < -0.4 is 14.8 Å². The highest BCUT2D eigenvalue weighted by atomic mass is 16.5. The molecule has 0 saturated carbocycles. The maximum atomic E-state index is 5.35. The molecule has 0 heterocycles. The molecule has 19 heavy (non-hydrogen) atoms. The van der Waals surface area contributed by atoms with Gasteiger partial charge in [0.05, 0.1) is 14.2 Å². The number of hydrogen-bond donors (Lipinski definition) is 1. The average Bonchev–Trinajstić information content (AvgIpc) is 2.45. The van der Waals surface area contributed by atoms with Gasteiger partial charge >= 0.3 is 0 Å². The van der Waals surface area contributed by atoms with Crippen LogP contribution in [-0.2, 0) is 0 Å². The molecule has 0 aliphatic carbocycles. The minimum absolute atomic E-state index is 0.304. The van der Waals surface area contributed by atoms with Gasteiger partial charge in [0.25, 0.3) is 0 Å². The van der Waals surface area contributed by atoms with Crippen molar-refractivity contribution < 1.29 is 9.47 Å². The molecule has 3 heteroatoms. The van der Waals surface area contributed by atoms with E-state index in [-0.39, 0.29) is 0 Å². The van der Waals surface area contributed by atoms with Crippen molar-refractivity contribution in [2.24, 2.45) is 0 Å². The van der Waals surface area contributed by atoms with E-state index in [2.05, 4.69) is 24.2 Å². The summed E-state index contributed by atoms with van der Waals surface area (Å²) in [6.07, 6.45) is 8.16. The van der Waals surface area contributed by atoms with Crippen molar-refractivity contribution in [2.45, 2.75) is 32.2 Å². The molecular formula is C16H23NO2. The zero-order chi connectivity index (χ0) is 14.1. The lowest BCUT2D eigenvalue weighted by Crippen LogP contribution is -2.20. The molecule has 0 bridgehead atoms. The minimum atomic E-state index is 0.304. The van der Waals surface area contributed by atoms with Gasteiger partial charge in [-0.1, -0.05) is 13.0 Å². The molecule has 1 N–H and O–H groups in total. The first-order chi connectivity index (χ1) is 9.26. The molecule has 1 aromatic rings. The highest BCUT2D eigenvalue weighted by Gasteiger charge is 2.13. The molecule has 0 aliphatic rings. The number of rotatable bonds is 8. The topological polar surface area (TPSA) is 30.5 Å². The molecule has 1 unspecified atom stereocenters. The normalized spacial score (nSPS) is 11.7. The van der Waals surface area contributed by atoms with Crippen LogP contribution in [0.3, 0.4) is 0 Å². The highest BCUT2D eigenvalue weighted by Crippen LogP contribution is 2.31. The lowest BCUT2D eigenvalue weighted by Gasteiger charge is -2.19. The molecular weight excluding hydrogens is 238 g/mol. The number of unbranched alkanes of at least 4 members (excludes halogenated alkanes) is 1. The Bertz CT molecular complexity index is 423. The second kappa shape index (κ2) is 8.44. The van der Waals surface area contributed by atoms with Gasteiger partial charge in [-0.05, 0) is 37.1 Å². The quantitative estimate of drug-likeness (QED) is 0.576. The third kappa shape index (κ3) is 4.50. The van der Waals surface area contributed by atoms with Crippen LogP contribution in [0.15, 0.2) is 18.2 Å². The van der Waals surface area contributed by atoms with Gasteiger partial charge < -0.3 is 14.8 Å². The molecule has 0 fully saturated rings. The van der Waals surface area contributed by atoms with Crippen molar-refractivity contribution >= 4 is 0 Å². The molecule has 3 nitrogen and oxygen atoms in total. The summed E-state index contributed by atoms with van der Waals surface area (Å²) in [4.78, 5) is 0. The highest BCUT2D eigenvalue weighted by molar-refractivity contribution is 5.43. The summed E-state index contributed by atoms with van der Waals surface area (Å²) in [5.74, 6) is 4.20. The Labute approximate surface area is 116 Å². The molecule has 0 aliphatic heterocycles. The van der Waals surface area contributed by atoms with E-state index in [9.17, 15) is 0 Å². The summed E-state index contributed by atoms with van der Waals surface area (Å²) in [6, 6.07) is 6.35. The van der Waals surface area contributed by atoms with E-state index >= 15 is 0 Å². The standard InChI is InChI=1S/C16H23NO2/c1-5-7-8-9-14(17-6-2)13-10-11-15(18-3)16(12-13)19-4/h1,10-12,14,17H,6-9H2,2-4H3. The van der Waals surface area contributed by atoms with Crippen molar-refractivity contribution in [3.8, 4) is 23.8 Å². The fraction of sp³-hybridized carbons (Fsp3) is 0.500. The summed E-state index contributed by atoms with van der Waals surface area (Å²) in [5, 5.41) is 3.48. The van der Waals surface area contributed by atoms with Gasteiger partial charge in [0.1, 0.15) is 0 Å². The van der Waals surface area contributed by atoms with Crippen LogP contribution >= 0.6 is 0 Å². The first-order valence-corrected chi connectivity index (χ1v) is 6.65. The van der Waals surface area contributed by atoms with E-state index in [4.69, 9.17) is 15.9 Å².